The molecule has 0 atom stereocenters. The van der Waals surface area contributed by atoms with Crippen LogP contribution >= 0.6 is 27.3 Å². The molecule has 0 aliphatic rings. The van der Waals surface area contributed by atoms with E-state index in [1.165, 1.54) is 0 Å². The Labute approximate surface area is 170 Å². The van der Waals surface area contributed by atoms with Crippen LogP contribution in [-0.2, 0) is 9.53 Å². The second-order valence-corrected chi connectivity index (χ2v) is 7.73. The van der Waals surface area contributed by atoms with Crippen molar-refractivity contribution in [1.82, 2.24) is 0 Å². The molecule has 1 N–H and O–H groups in total. The average Bonchev–Trinajstić information content (AvgIpc) is 2.89. The molecular weight excluding hydrogens is 432 g/mol. The lowest BCUT2D eigenvalue weighted by Gasteiger charge is -2.12. The summed E-state index contributed by atoms with van der Waals surface area (Å²) in [5, 5.41) is 12.3. The maximum Gasteiger partial charge on any atom is 0.348 e. The van der Waals surface area contributed by atoms with Gasteiger partial charge in [-0.2, -0.15) is 5.26 Å². The first-order valence-corrected chi connectivity index (χ1v) is 9.79. The minimum absolute atomic E-state index is 0.208. The molecule has 0 radical (unpaired) electrons. The van der Waals surface area contributed by atoms with E-state index in [-0.39, 0.29) is 18.8 Å². The first-order chi connectivity index (χ1) is 12.8. The van der Waals surface area contributed by atoms with Gasteiger partial charge in [-0.25, -0.2) is 4.79 Å². The van der Waals surface area contributed by atoms with Crippen LogP contribution in [0.15, 0.2) is 16.6 Å². The Bertz CT molecular complexity index is 908. The Morgan fingerprint density at radius 1 is 1.26 bits per heavy atom. The Balaban J connectivity index is 2.13. The molecule has 2 aromatic rings. The second-order valence-electron chi connectivity index (χ2n) is 5.80. The fraction of sp³-hybridized carbons (Fsp3) is 0.316. The van der Waals surface area contributed by atoms with Crippen LogP contribution in [0.3, 0.4) is 0 Å². The van der Waals surface area contributed by atoms with Crippen molar-refractivity contribution in [2.24, 2.45) is 0 Å². The van der Waals surface area contributed by atoms with Crippen molar-refractivity contribution in [3.05, 3.63) is 43.7 Å². The predicted molar refractivity (Wildman–Crippen MR) is 107 cm³/mol. The molecule has 0 aliphatic carbocycles. The third-order valence-corrected chi connectivity index (χ3v) is 5.39. The normalized spacial score (nSPS) is 10.2. The SMILES string of the molecule is CCOC(=O)c1sc(NC(=O)COc2c(C)cc(Br)cc2C)c(C#N)c1C. The number of ether oxygens (including phenoxy) is 2. The van der Waals surface area contributed by atoms with E-state index in [0.29, 0.717) is 21.2 Å². The zero-order chi connectivity index (χ0) is 20.1. The molecule has 2 rings (SSSR count). The Morgan fingerprint density at radius 3 is 2.44 bits per heavy atom. The van der Waals surface area contributed by atoms with Crippen molar-refractivity contribution >= 4 is 44.1 Å². The fourth-order valence-corrected chi connectivity index (χ4v) is 4.31. The Hall–Kier alpha value is -2.37. The van der Waals surface area contributed by atoms with Crippen molar-refractivity contribution in [3.63, 3.8) is 0 Å². The van der Waals surface area contributed by atoms with Crippen molar-refractivity contribution in [2.45, 2.75) is 27.7 Å². The Kier molecular flexibility index (Phi) is 6.99. The molecule has 0 bridgehead atoms. The monoisotopic (exact) mass is 450 g/mol. The molecule has 0 saturated heterocycles. The van der Waals surface area contributed by atoms with E-state index >= 15 is 0 Å². The summed E-state index contributed by atoms with van der Waals surface area (Å²) in [5.41, 5.74) is 2.57. The average molecular weight is 451 g/mol. The summed E-state index contributed by atoms with van der Waals surface area (Å²) in [6.07, 6.45) is 0. The van der Waals surface area contributed by atoms with Gasteiger partial charge in [-0.3, -0.25) is 4.79 Å². The molecule has 1 aromatic heterocycles. The van der Waals surface area contributed by atoms with Crippen molar-refractivity contribution < 1.29 is 19.1 Å². The number of hydrogen-bond acceptors (Lipinski definition) is 6. The van der Waals surface area contributed by atoms with Gasteiger partial charge in [0, 0.05) is 4.47 Å². The van der Waals surface area contributed by atoms with Gasteiger partial charge in [-0.1, -0.05) is 15.9 Å². The van der Waals surface area contributed by atoms with Gasteiger partial charge in [0.25, 0.3) is 5.91 Å². The lowest BCUT2D eigenvalue weighted by molar-refractivity contribution is -0.118. The fourth-order valence-electron chi connectivity index (χ4n) is 2.55. The quantitative estimate of drug-likeness (QED) is 0.654. The standard InChI is InChI=1S/C19H19BrN2O4S/c1-5-25-19(24)17-12(4)14(8-21)18(27-17)22-15(23)9-26-16-10(2)6-13(20)7-11(16)3/h6-7H,5,9H2,1-4H3,(H,22,23). The number of carbonyl (C=O) groups is 2. The van der Waals surface area contributed by atoms with Crippen LogP contribution in [0.4, 0.5) is 5.00 Å². The highest BCUT2D eigenvalue weighted by molar-refractivity contribution is 9.10. The summed E-state index contributed by atoms with van der Waals surface area (Å²) >= 11 is 4.44. The van der Waals surface area contributed by atoms with Gasteiger partial charge in [-0.15, -0.1) is 11.3 Å². The summed E-state index contributed by atoms with van der Waals surface area (Å²) in [6, 6.07) is 5.84. The number of halogens is 1. The number of amides is 1. The summed E-state index contributed by atoms with van der Waals surface area (Å²) < 4.78 is 11.6. The maximum absolute atomic E-state index is 12.3. The summed E-state index contributed by atoms with van der Waals surface area (Å²) in [4.78, 5) is 24.6. The lowest BCUT2D eigenvalue weighted by atomic mass is 10.1. The molecule has 1 heterocycles. The molecule has 1 amide bonds. The van der Waals surface area contributed by atoms with E-state index in [9.17, 15) is 14.9 Å². The van der Waals surface area contributed by atoms with Crippen molar-refractivity contribution in [1.29, 1.82) is 5.26 Å². The maximum atomic E-state index is 12.3. The van der Waals surface area contributed by atoms with Gasteiger partial charge in [0.2, 0.25) is 0 Å². The summed E-state index contributed by atoms with van der Waals surface area (Å²) in [7, 11) is 0. The van der Waals surface area contributed by atoms with E-state index in [1.807, 2.05) is 32.0 Å². The zero-order valence-electron chi connectivity index (χ0n) is 15.4. The van der Waals surface area contributed by atoms with E-state index in [0.717, 1.165) is 26.9 Å². The van der Waals surface area contributed by atoms with Crippen LogP contribution < -0.4 is 10.1 Å². The largest absolute Gasteiger partial charge is 0.483 e. The van der Waals surface area contributed by atoms with E-state index < -0.39 is 11.9 Å². The van der Waals surface area contributed by atoms with Gasteiger partial charge >= 0.3 is 5.97 Å². The molecule has 0 aliphatic heterocycles. The first kappa shape index (κ1) is 20.9. The lowest BCUT2D eigenvalue weighted by Crippen LogP contribution is -2.20. The van der Waals surface area contributed by atoms with Crippen LogP contribution in [0.1, 0.15) is 38.8 Å². The molecule has 0 fully saturated rings. The number of anilines is 1. The molecular formula is C19H19BrN2O4S. The van der Waals surface area contributed by atoms with Gasteiger partial charge in [0.15, 0.2) is 6.61 Å². The number of nitrogens with one attached hydrogen (secondary N) is 1. The van der Waals surface area contributed by atoms with Crippen LogP contribution in [-0.4, -0.2) is 25.1 Å². The number of aryl methyl sites for hydroxylation is 2. The molecule has 0 spiro atoms. The minimum Gasteiger partial charge on any atom is -0.483 e. The number of hydrogen-bond donors (Lipinski definition) is 1. The Morgan fingerprint density at radius 2 is 1.89 bits per heavy atom. The minimum atomic E-state index is -0.505. The molecule has 0 unspecified atom stereocenters. The van der Waals surface area contributed by atoms with E-state index in [2.05, 4.69) is 21.2 Å². The topological polar surface area (TPSA) is 88.4 Å². The molecule has 27 heavy (non-hydrogen) atoms. The van der Waals surface area contributed by atoms with Gasteiger partial charge in [0.05, 0.1) is 12.2 Å². The van der Waals surface area contributed by atoms with Crippen molar-refractivity contribution in [2.75, 3.05) is 18.5 Å². The number of nitriles is 1. The number of thiophene rings is 1. The van der Waals surface area contributed by atoms with Gasteiger partial charge < -0.3 is 14.8 Å². The van der Waals surface area contributed by atoms with E-state index in [1.54, 1.807) is 13.8 Å². The molecule has 8 heteroatoms. The third kappa shape index (κ3) is 4.87. The molecule has 142 valence electrons. The molecule has 6 nitrogen and oxygen atoms in total. The smallest absolute Gasteiger partial charge is 0.348 e. The van der Waals surface area contributed by atoms with Crippen molar-refractivity contribution in [3.8, 4) is 11.8 Å². The molecule has 0 saturated carbocycles. The number of rotatable bonds is 6. The molecule has 1 aromatic carbocycles. The third-order valence-electron chi connectivity index (χ3n) is 3.75. The highest BCUT2D eigenvalue weighted by Gasteiger charge is 2.22. The van der Waals surface area contributed by atoms with Gasteiger partial charge in [0.1, 0.15) is 21.7 Å². The number of esters is 1. The van der Waals surface area contributed by atoms with Crippen LogP contribution in [0.5, 0.6) is 5.75 Å². The zero-order valence-corrected chi connectivity index (χ0v) is 17.8. The van der Waals surface area contributed by atoms with Crippen LogP contribution in [0.25, 0.3) is 0 Å². The van der Waals surface area contributed by atoms with Gasteiger partial charge in [-0.05, 0) is 56.5 Å². The van der Waals surface area contributed by atoms with Crippen LogP contribution in [0.2, 0.25) is 0 Å². The first-order valence-electron chi connectivity index (χ1n) is 8.18. The van der Waals surface area contributed by atoms with E-state index in [4.69, 9.17) is 9.47 Å². The highest BCUT2D eigenvalue weighted by atomic mass is 79.9. The second kappa shape index (κ2) is 9.02. The number of benzene rings is 1. The van der Waals surface area contributed by atoms with Crippen LogP contribution in [0, 0.1) is 32.1 Å². The summed E-state index contributed by atoms with van der Waals surface area (Å²) in [5.74, 6) is -0.275. The predicted octanol–water partition coefficient (Wildman–Crippen LogP) is 4.50. The number of nitrogens with zero attached hydrogens (tertiary/aromatic N) is 1. The highest BCUT2D eigenvalue weighted by Crippen LogP contribution is 2.33. The number of carbonyl (C=O) groups excluding carboxylic acids is 2. The summed E-state index contributed by atoms with van der Waals surface area (Å²) in [6.45, 7) is 7.18.